The van der Waals surface area contributed by atoms with E-state index in [1.807, 2.05) is 0 Å². The van der Waals surface area contributed by atoms with Crippen molar-refractivity contribution >= 4 is 22.4 Å². The molecule has 0 aliphatic carbocycles. The molecule has 1 aromatic rings. The first-order chi connectivity index (χ1) is 8.93. The first-order valence-corrected chi connectivity index (χ1v) is 6.95. The molecule has 0 bridgehead atoms. The number of halogens is 3. The predicted molar refractivity (Wildman–Crippen MR) is 66.9 cm³/mol. The fraction of sp³-hybridized carbons (Fsp3) is 0.727. The smallest absolute Gasteiger partial charge is 0.301 e. The lowest BCUT2D eigenvalue weighted by molar-refractivity contribution is -0.138. The molecule has 0 aromatic carbocycles. The molecular formula is C11H16F3N3OS. The molecule has 8 heteroatoms. The van der Waals surface area contributed by atoms with Crippen molar-refractivity contribution in [2.45, 2.75) is 51.6 Å². The molecule has 108 valence electrons. The van der Waals surface area contributed by atoms with Crippen LogP contribution in [0.5, 0.6) is 0 Å². The van der Waals surface area contributed by atoms with Crippen LogP contribution in [0, 0.1) is 0 Å². The molecule has 1 N–H and O–H groups in total. The van der Waals surface area contributed by atoms with Gasteiger partial charge in [-0.3, -0.25) is 4.79 Å². The van der Waals surface area contributed by atoms with Gasteiger partial charge in [0, 0.05) is 6.42 Å². The summed E-state index contributed by atoms with van der Waals surface area (Å²) in [5.41, 5.74) is 0. The van der Waals surface area contributed by atoms with E-state index >= 15 is 0 Å². The predicted octanol–water partition coefficient (Wildman–Crippen LogP) is 3.86. The lowest BCUT2D eigenvalue weighted by atomic mass is 10.1. The highest BCUT2D eigenvalue weighted by Gasteiger charge is 2.35. The highest BCUT2D eigenvalue weighted by atomic mass is 32.1. The van der Waals surface area contributed by atoms with Gasteiger partial charge in [-0.1, -0.05) is 43.9 Å². The van der Waals surface area contributed by atoms with Crippen LogP contribution in [0.4, 0.5) is 18.3 Å². The molecule has 1 amide bonds. The Bertz CT molecular complexity index is 406. The SMILES string of the molecule is CCCCCCCC(=O)Nc1nnc(C(F)(F)F)s1. The molecule has 1 heterocycles. The first-order valence-electron chi connectivity index (χ1n) is 6.14. The standard InChI is InChI=1S/C11H16F3N3OS/c1-2-3-4-5-6-7-8(18)15-10-17-16-9(19-10)11(12,13)14/h2-7H2,1H3,(H,15,17,18). The zero-order valence-corrected chi connectivity index (χ0v) is 11.4. The van der Waals surface area contributed by atoms with Crippen LogP contribution in [-0.2, 0) is 11.0 Å². The lowest BCUT2D eigenvalue weighted by Crippen LogP contribution is -2.10. The first kappa shape index (κ1) is 15.9. The number of unbranched alkanes of at least 4 members (excludes halogenated alkanes) is 4. The van der Waals surface area contributed by atoms with Gasteiger partial charge in [0.15, 0.2) is 0 Å². The van der Waals surface area contributed by atoms with Crippen molar-refractivity contribution in [1.82, 2.24) is 10.2 Å². The summed E-state index contributed by atoms with van der Waals surface area (Å²) >= 11 is 0.336. The van der Waals surface area contributed by atoms with Gasteiger partial charge in [0.2, 0.25) is 16.0 Å². The molecule has 0 saturated carbocycles. The third-order valence-electron chi connectivity index (χ3n) is 2.42. The fourth-order valence-corrected chi connectivity index (χ4v) is 2.09. The molecule has 0 fully saturated rings. The quantitative estimate of drug-likeness (QED) is 0.777. The van der Waals surface area contributed by atoms with Gasteiger partial charge in [0.05, 0.1) is 0 Å². The van der Waals surface area contributed by atoms with E-state index < -0.39 is 11.2 Å². The van der Waals surface area contributed by atoms with Crippen LogP contribution in [0.25, 0.3) is 0 Å². The van der Waals surface area contributed by atoms with E-state index in [0.717, 1.165) is 32.1 Å². The Kier molecular flexibility index (Phi) is 6.20. The van der Waals surface area contributed by atoms with Gasteiger partial charge >= 0.3 is 6.18 Å². The number of amides is 1. The van der Waals surface area contributed by atoms with Gasteiger partial charge in [0.25, 0.3) is 0 Å². The Morgan fingerprint density at radius 3 is 2.47 bits per heavy atom. The monoisotopic (exact) mass is 295 g/mol. The Balaban J connectivity index is 2.30. The molecule has 0 aliphatic heterocycles. The number of nitrogens with zero attached hydrogens (tertiary/aromatic N) is 2. The number of alkyl halides is 3. The summed E-state index contributed by atoms with van der Waals surface area (Å²) in [6, 6.07) is 0. The van der Waals surface area contributed by atoms with E-state index in [9.17, 15) is 18.0 Å². The van der Waals surface area contributed by atoms with Gasteiger partial charge < -0.3 is 5.32 Å². The minimum atomic E-state index is -4.51. The molecule has 0 saturated heterocycles. The maximum atomic E-state index is 12.3. The molecule has 4 nitrogen and oxygen atoms in total. The second-order valence-electron chi connectivity index (χ2n) is 4.12. The number of aromatic nitrogens is 2. The van der Waals surface area contributed by atoms with Gasteiger partial charge in [0.1, 0.15) is 0 Å². The van der Waals surface area contributed by atoms with Gasteiger partial charge in [-0.2, -0.15) is 13.2 Å². The molecule has 1 rings (SSSR count). The van der Waals surface area contributed by atoms with Crippen molar-refractivity contribution < 1.29 is 18.0 Å². The van der Waals surface area contributed by atoms with E-state index in [1.54, 1.807) is 0 Å². The van der Waals surface area contributed by atoms with Gasteiger partial charge in [-0.15, -0.1) is 10.2 Å². The van der Waals surface area contributed by atoms with Crippen LogP contribution in [0.1, 0.15) is 50.5 Å². The summed E-state index contributed by atoms with van der Waals surface area (Å²) in [6.45, 7) is 2.10. The number of carbonyl (C=O) groups excluding carboxylic acids is 1. The van der Waals surface area contributed by atoms with Crippen LogP contribution in [0.2, 0.25) is 0 Å². The van der Waals surface area contributed by atoms with Crippen molar-refractivity contribution in [2.24, 2.45) is 0 Å². The van der Waals surface area contributed by atoms with Crippen LogP contribution in [-0.4, -0.2) is 16.1 Å². The average molecular weight is 295 g/mol. The number of rotatable bonds is 7. The topological polar surface area (TPSA) is 54.9 Å². The van der Waals surface area contributed by atoms with E-state index in [4.69, 9.17) is 0 Å². The molecule has 0 unspecified atom stereocenters. The second kappa shape index (κ2) is 7.42. The van der Waals surface area contributed by atoms with Crippen LogP contribution >= 0.6 is 11.3 Å². The van der Waals surface area contributed by atoms with Crippen molar-refractivity contribution in [2.75, 3.05) is 5.32 Å². The molecule has 1 aromatic heterocycles. The second-order valence-corrected chi connectivity index (χ2v) is 5.10. The van der Waals surface area contributed by atoms with Crippen molar-refractivity contribution in [3.8, 4) is 0 Å². The van der Waals surface area contributed by atoms with Gasteiger partial charge in [-0.05, 0) is 6.42 Å². The average Bonchev–Trinajstić information content (AvgIpc) is 2.77. The molecular weight excluding hydrogens is 279 g/mol. The molecule has 0 spiro atoms. The Labute approximate surface area is 113 Å². The van der Waals surface area contributed by atoms with E-state index in [1.165, 1.54) is 0 Å². The minimum Gasteiger partial charge on any atom is -0.301 e. The fourth-order valence-electron chi connectivity index (χ4n) is 1.46. The van der Waals surface area contributed by atoms with E-state index in [-0.39, 0.29) is 11.0 Å². The molecule has 0 atom stereocenters. The normalized spacial score (nSPS) is 11.6. The number of nitrogens with one attached hydrogen (secondary N) is 1. The van der Waals surface area contributed by atoms with Crippen molar-refractivity contribution in [3.63, 3.8) is 0 Å². The van der Waals surface area contributed by atoms with Crippen molar-refractivity contribution in [1.29, 1.82) is 0 Å². The summed E-state index contributed by atoms with van der Waals surface area (Å²) in [5, 5.41) is 7.46. The molecule has 0 aliphatic rings. The number of anilines is 1. The molecule has 19 heavy (non-hydrogen) atoms. The van der Waals surface area contributed by atoms with Crippen molar-refractivity contribution in [3.05, 3.63) is 5.01 Å². The summed E-state index contributed by atoms with van der Waals surface area (Å²) < 4.78 is 36.8. The lowest BCUT2D eigenvalue weighted by Gasteiger charge is -2.01. The van der Waals surface area contributed by atoms with Gasteiger partial charge in [-0.25, -0.2) is 0 Å². The Morgan fingerprint density at radius 1 is 1.21 bits per heavy atom. The number of hydrogen-bond donors (Lipinski definition) is 1. The molecule has 0 radical (unpaired) electrons. The highest BCUT2D eigenvalue weighted by Crippen LogP contribution is 2.32. The summed E-state index contributed by atoms with van der Waals surface area (Å²) in [5.74, 6) is -0.318. The number of carbonyl (C=O) groups is 1. The third-order valence-corrected chi connectivity index (χ3v) is 3.30. The summed E-state index contributed by atoms with van der Waals surface area (Å²) in [6.07, 6.45) is 0.790. The largest absolute Gasteiger partial charge is 0.445 e. The zero-order chi connectivity index (χ0) is 14.3. The number of hydrogen-bond acceptors (Lipinski definition) is 4. The summed E-state index contributed by atoms with van der Waals surface area (Å²) in [7, 11) is 0. The minimum absolute atomic E-state index is 0.106. The van der Waals surface area contributed by atoms with Crippen LogP contribution in [0.15, 0.2) is 0 Å². The maximum Gasteiger partial charge on any atom is 0.445 e. The zero-order valence-electron chi connectivity index (χ0n) is 10.6. The highest BCUT2D eigenvalue weighted by molar-refractivity contribution is 7.15. The van der Waals surface area contributed by atoms with Crippen LogP contribution in [0.3, 0.4) is 0 Å². The maximum absolute atomic E-state index is 12.3. The van der Waals surface area contributed by atoms with Crippen LogP contribution < -0.4 is 5.32 Å². The van der Waals surface area contributed by atoms with E-state index in [0.29, 0.717) is 17.8 Å². The van der Waals surface area contributed by atoms with E-state index in [2.05, 4.69) is 22.4 Å². The Morgan fingerprint density at radius 2 is 1.89 bits per heavy atom. The third kappa shape index (κ3) is 6.00. The summed E-state index contributed by atoms with van der Waals surface area (Å²) in [4.78, 5) is 11.5. The Hall–Kier alpha value is -1.18.